The molecule has 0 fully saturated rings. The maximum absolute atomic E-state index is 11.2. The van der Waals surface area contributed by atoms with Gasteiger partial charge in [0.25, 0.3) is 0 Å². The minimum atomic E-state index is -0.981. The molecule has 0 atom stereocenters. The molecule has 7 heteroatoms. The third-order valence-electron chi connectivity index (χ3n) is 1.57. The summed E-state index contributed by atoms with van der Waals surface area (Å²) >= 11 is 0. The highest BCUT2D eigenvalue weighted by atomic mass is 16.7. The first kappa shape index (κ1) is 14.1. The number of amides is 1. The van der Waals surface area contributed by atoms with Crippen molar-refractivity contribution in [3.8, 4) is 0 Å². The maximum atomic E-state index is 11.2. The molecule has 0 saturated carbocycles. The van der Waals surface area contributed by atoms with Crippen LogP contribution >= 0.6 is 0 Å². The topological polar surface area (TPSA) is 82.1 Å². The number of esters is 2. The molecule has 0 aliphatic rings. The summed E-state index contributed by atoms with van der Waals surface area (Å²) in [6.45, 7) is 1.32. The summed E-state index contributed by atoms with van der Waals surface area (Å²) in [4.78, 5) is 37.5. The second-order valence-electron chi connectivity index (χ2n) is 2.69. The highest BCUT2D eigenvalue weighted by molar-refractivity contribution is 5.99. The van der Waals surface area contributed by atoms with Gasteiger partial charge in [0.15, 0.2) is 0 Å². The first-order chi connectivity index (χ1) is 7.42. The number of hydrogen-bond acceptors (Lipinski definition) is 6. The lowest BCUT2D eigenvalue weighted by molar-refractivity contribution is -0.142. The fourth-order valence-corrected chi connectivity index (χ4v) is 0.593. The fraction of sp³-hybridized carbons (Fsp3) is 0.444. The number of nitrogens with zero attached hydrogens (tertiary/aromatic N) is 1. The SMILES string of the molecule is COC(=O)/C=C(\C)C(=O)OC(=O)N(C)OC. The van der Waals surface area contributed by atoms with Crippen molar-refractivity contribution < 1.29 is 28.7 Å². The summed E-state index contributed by atoms with van der Waals surface area (Å²) < 4.78 is 8.66. The Labute approximate surface area is 92.5 Å². The van der Waals surface area contributed by atoms with Crippen molar-refractivity contribution >= 4 is 18.0 Å². The van der Waals surface area contributed by atoms with Crippen LogP contribution in [0.1, 0.15) is 6.92 Å². The van der Waals surface area contributed by atoms with Gasteiger partial charge in [0.2, 0.25) is 0 Å². The van der Waals surface area contributed by atoms with Crippen LogP contribution in [-0.4, -0.2) is 44.4 Å². The molecule has 0 aromatic carbocycles. The summed E-state index contributed by atoms with van der Waals surface area (Å²) in [5, 5.41) is 0.726. The molecule has 0 aliphatic heterocycles. The smallest absolute Gasteiger partial charge is 0.441 e. The number of rotatable bonds is 3. The van der Waals surface area contributed by atoms with E-state index in [1.54, 1.807) is 0 Å². The van der Waals surface area contributed by atoms with Crippen molar-refractivity contribution in [2.45, 2.75) is 6.92 Å². The largest absolute Gasteiger partial charge is 0.466 e. The Hall–Kier alpha value is -1.89. The van der Waals surface area contributed by atoms with Crippen LogP contribution in [0.2, 0.25) is 0 Å². The molecular weight excluding hydrogens is 218 g/mol. The molecular formula is C9H13NO6. The van der Waals surface area contributed by atoms with Crippen molar-refractivity contribution in [1.82, 2.24) is 5.06 Å². The average Bonchev–Trinajstić information content (AvgIpc) is 2.27. The van der Waals surface area contributed by atoms with Crippen LogP contribution in [0.3, 0.4) is 0 Å². The van der Waals surface area contributed by atoms with Gasteiger partial charge in [-0.2, -0.15) is 5.06 Å². The van der Waals surface area contributed by atoms with Crippen molar-refractivity contribution in [3.05, 3.63) is 11.6 Å². The molecule has 0 aromatic heterocycles. The van der Waals surface area contributed by atoms with E-state index in [1.807, 2.05) is 0 Å². The zero-order valence-electron chi connectivity index (χ0n) is 9.47. The monoisotopic (exact) mass is 231 g/mol. The van der Waals surface area contributed by atoms with Gasteiger partial charge in [0.05, 0.1) is 14.2 Å². The lowest BCUT2D eigenvalue weighted by Crippen LogP contribution is -2.28. The van der Waals surface area contributed by atoms with Gasteiger partial charge in [-0.3, -0.25) is 4.84 Å². The minimum Gasteiger partial charge on any atom is -0.466 e. The number of hydrogen-bond donors (Lipinski definition) is 0. The zero-order valence-corrected chi connectivity index (χ0v) is 9.47. The van der Waals surface area contributed by atoms with Gasteiger partial charge in [-0.25, -0.2) is 14.4 Å². The Bertz CT molecular complexity index is 322. The first-order valence-corrected chi connectivity index (χ1v) is 4.22. The van der Waals surface area contributed by atoms with Crippen LogP contribution < -0.4 is 0 Å². The summed E-state index contributed by atoms with van der Waals surface area (Å²) in [5.74, 6) is -1.65. The van der Waals surface area contributed by atoms with Crippen LogP contribution in [-0.2, 0) is 23.9 Å². The molecule has 0 aliphatic carbocycles. The Morgan fingerprint density at radius 3 is 2.19 bits per heavy atom. The van der Waals surface area contributed by atoms with Gasteiger partial charge in [0, 0.05) is 18.7 Å². The van der Waals surface area contributed by atoms with E-state index >= 15 is 0 Å². The third-order valence-corrected chi connectivity index (χ3v) is 1.57. The predicted molar refractivity (Wildman–Crippen MR) is 52.0 cm³/mol. The molecule has 0 unspecified atom stereocenters. The highest BCUT2D eigenvalue weighted by Crippen LogP contribution is 2.00. The lowest BCUT2D eigenvalue weighted by Gasteiger charge is -2.12. The third kappa shape index (κ3) is 4.56. The van der Waals surface area contributed by atoms with Gasteiger partial charge in [-0.1, -0.05) is 0 Å². The number of methoxy groups -OCH3 is 1. The van der Waals surface area contributed by atoms with Crippen LogP contribution in [0.4, 0.5) is 4.79 Å². The molecule has 0 spiro atoms. The van der Waals surface area contributed by atoms with Crippen LogP contribution in [0.5, 0.6) is 0 Å². The quantitative estimate of drug-likeness (QED) is 0.300. The van der Waals surface area contributed by atoms with Gasteiger partial charge >= 0.3 is 18.0 Å². The lowest BCUT2D eigenvalue weighted by atomic mass is 10.3. The van der Waals surface area contributed by atoms with Gasteiger partial charge < -0.3 is 9.47 Å². The van der Waals surface area contributed by atoms with Gasteiger partial charge in [-0.15, -0.1) is 0 Å². The minimum absolute atomic E-state index is 0.0512. The number of ether oxygens (including phenoxy) is 2. The van der Waals surface area contributed by atoms with E-state index in [1.165, 1.54) is 28.2 Å². The normalized spacial score (nSPS) is 10.6. The van der Waals surface area contributed by atoms with Crippen LogP contribution in [0.25, 0.3) is 0 Å². The van der Waals surface area contributed by atoms with E-state index < -0.39 is 18.0 Å². The zero-order chi connectivity index (χ0) is 12.7. The van der Waals surface area contributed by atoms with E-state index in [2.05, 4.69) is 14.3 Å². The molecule has 0 N–H and O–H groups in total. The van der Waals surface area contributed by atoms with E-state index in [9.17, 15) is 14.4 Å². The standard InChI is InChI=1S/C9H13NO6/c1-6(5-7(11)14-3)8(12)16-9(13)10(2)15-4/h5H,1-4H3/b6-5+. The number of carbonyl (C=O) groups excluding carboxylic acids is 3. The highest BCUT2D eigenvalue weighted by Gasteiger charge is 2.17. The number of carbonyl (C=O) groups is 3. The van der Waals surface area contributed by atoms with E-state index in [4.69, 9.17) is 0 Å². The van der Waals surface area contributed by atoms with Crippen molar-refractivity contribution in [2.24, 2.45) is 0 Å². The number of hydroxylamine groups is 2. The summed E-state index contributed by atoms with van der Waals surface area (Å²) in [7, 11) is 3.68. The molecule has 0 radical (unpaired) electrons. The summed E-state index contributed by atoms with van der Waals surface area (Å²) in [6.07, 6.45) is -0.0623. The first-order valence-electron chi connectivity index (χ1n) is 4.22. The van der Waals surface area contributed by atoms with E-state index in [-0.39, 0.29) is 5.57 Å². The summed E-state index contributed by atoms with van der Waals surface area (Å²) in [5.41, 5.74) is -0.0512. The summed E-state index contributed by atoms with van der Waals surface area (Å²) in [6, 6.07) is 0. The molecule has 16 heavy (non-hydrogen) atoms. The average molecular weight is 231 g/mol. The Balaban J connectivity index is 4.42. The Morgan fingerprint density at radius 2 is 1.75 bits per heavy atom. The van der Waals surface area contributed by atoms with Crippen LogP contribution in [0.15, 0.2) is 11.6 Å². The fourth-order valence-electron chi connectivity index (χ4n) is 0.593. The molecule has 7 nitrogen and oxygen atoms in total. The van der Waals surface area contributed by atoms with Gasteiger partial charge in [0.1, 0.15) is 0 Å². The second-order valence-corrected chi connectivity index (χ2v) is 2.69. The molecule has 1 amide bonds. The van der Waals surface area contributed by atoms with Crippen molar-refractivity contribution in [2.75, 3.05) is 21.3 Å². The van der Waals surface area contributed by atoms with Crippen LogP contribution in [0, 0.1) is 0 Å². The molecule has 90 valence electrons. The molecule has 0 heterocycles. The molecule has 0 rings (SSSR count). The molecule has 0 aromatic rings. The van der Waals surface area contributed by atoms with Crippen molar-refractivity contribution in [1.29, 1.82) is 0 Å². The Kier molecular flexibility index (Phi) is 5.79. The van der Waals surface area contributed by atoms with Gasteiger partial charge in [-0.05, 0) is 6.92 Å². The maximum Gasteiger partial charge on any atom is 0.441 e. The Morgan fingerprint density at radius 1 is 1.19 bits per heavy atom. The van der Waals surface area contributed by atoms with Crippen molar-refractivity contribution in [3.63, 3.8) is 0 Å². The predicted octanol–water partition coefficient (Wildman–Crippen LogP) is 0.262. The second kappa shape index (κ2) is 6.57. The molecule has 0 bridgehead atoms. The van der Waals surface area contributed by atoms with E-state index in [0.717, 1.165) is 11.1 Å². The van der Waals surface area contributed by atoms with E-state index in [0.29, 0.717) is 0 Å². The molecule has 0 saturated heterocycles.